The van der Waals surface area contributed by atoms with Crippen molar-refractivity contribution in [2.75, 3.05) is 20.0 Å². The lowest BCUT2D eigenvalue weighted by atomic mass is 10.1. The van der Waals surface area contributed by atoms with Crippen molar-refractivity contribution in [2.45, 2.75) is 6.54 Å². The standard InChI is InChI=1S/C10H13N3O4/c1-16-9-6(11)5-3-13(15)4-12-7(5)8(14)10(9)17-2/h4,14-15H,3,11H2,1-2H3. The Hall–Kier alpha value is -2.15. The molecule has 17 heavy (non-hydrogen) atoms. The summed E-state index contributed by atoms with van der Waals surface area (Å²) >= 11 is 0. The van der Waals surface area contributed by atoms with Crippen LogP contribution in [0.4, 0.5) is 11.4 Å². The number of hydroxylamine groups is 2. The van der Waals surface area contributed by atoms with Crippen LogP contribution in [0.2, 0.25) is 0 Å². The van der Waals surface area contributed by atoms with E-state index in [1.54, 1.807) is 0 Å². The molecule has 1 aliphatic heterocycles. The van der Waals surface area contributed by atoms with Crippen molar-refractivity contribution in [1.29, 1.82) is 0 Å². The fourth-order valence-corrected chi connectivity index (χ4v) is 1.76. The van der Waals surface area contributed by atoms with Crippen molar-refractivity contribution in [3.05, 3.63) is 5.56 Å². The molecule has 1 heterocycles. The lowest BCUT2D eigenvalue weighted by Crippen LogP contribution is -2.20. The molecule has 0 unspecified atom stereocenters. The van der Waals surface area contributed by atoms with E-state index in [4.69, 9.17) is 15.2 Å². The van der Waals surface area contributed by atoms with E-state index in [0.717, 1.165) is 5.06 Å². The van der Waals surface area contributed by atoms with Gasteiger partial charge < -0.3 is 20.3 Å². The molecular formula is C10H13N3O4. The fraction of sp³-hybridized carbons (Fsp3) is 0.300. The normalized spacial score (nSPS) is 13.5. The minimum atomic E-state index is -0.155. The number of rotatable bonds is 2. The van der Waals surface area contributed by atoms with Crippen LogP contribution in [0.15, 0.2) is 4.99 Å². The van der Waals surface area contributed by atoms with Crippen molar-refractivity contribution >= 4 is 17.7 Å². The summed E-state index contributed by atoms with van der Waals surface area (Å²) in [4.78, 5) is 3.90. The quantitative estimate of drug-likeness (QED) is 0.522. The van der Waals surface area contributed by atoms with E-state index >= 15 is 0 Å². The van der Waals surface area contributed by atoms with Crippen molar-refractivity contribution in [1.82, 2.24) is 5.06 Å². The SMILES string of the molecule is COc1c(N)c2c(c(O)c1OC)N=CN(O)C2. The third kappa shape index (κ3) is 1.60. The van der Waals surface area contributed by atoms with Crippen LogP contribution in [-0.2, 0) is 6.54 Å². The number of phenolic OH excluding ortho intramolecular Hbond substituents is 1. The molecule has 0 aromatic heterocycles. The first-order chi connectivity index (χ1) is 8.10. The summed E-state index contributed by atoms with van der Waals surface area (Å²) in [5.41, 5.74) is 6.95. The van der Waals surface area contributed by atoms with E-state index in [1.165, 1.54) is 20.6 Å². The average Bonchev–Trinajstić information content (AvgIpc) is 2.33. The molecule has 1 aromatic carbocycles. The predicted molar refractivity (Wildman–Crippen MR) is 61.1 cm³/mol. The molecule has 7 heteroatoms. The molecule has 4 N–H and O–H groups in total. The van der Waals surface area contributed by atoms with Gasteiger partial charge in [-0.3, -0.25) is 5.21 Å². The van der Waals surface area contributed by atoms with Crippen molar-refractivity contribution in [2.24, 2.45) is 4.99 Å². The zero-order valence-electron chi connectivity index (χ0n) is 9.47. The van der Waals surface area contributed by atoms with Crippen molar-refractivity contribution in [3.8, 4) is 17.2 Å². The van der Waals surface area contributed by atoms with E-state index in [9.17, 15) is 10.3 Å². The summed E-state index contributed by atoms with van der Waals surface area (Å²) in [7, 11) is 2.82. The summed E-state index contributed by atoms with van der Waals surface area (Å²) in [6, 6.07) is 0. The Kier molecular flexibility index (Phi) is 2.68. The lowest BCUT2D eigenvalue weighted by molar-refractivity contribution is -0.0177. The molecule has 0 saturated heterocycles. The van der Waals surface area contributed by atoms with Crippen LogP contribution in [0, 0.1) is 0 Å². The first-order valence-electron chi connectivity index (χ1n) is 4.85. The topological polar surface area (TPSA) is 101 Å². The Balaban J connectivity index is 2.72. The van der Waals surface area contributed by atoms with E-state index in [1.807, 2.05) is 0 Å². The van der Waals surface area contributed by atoms with E-state index < -0.39 is 0 Å². The van der Waals surface area contributed by atoms with Crippen LogP contribution in [-0.4, -0.2) is 35.9 Å². The molecule has 2 rings (SSSR count). The van der Waals surface area contributed by atoms with Gasteiger partial charge in [0.05, 0.1) is 26.5 Å². The lowest BCUT2D eigenvalue weighted by Gasteiger charge is -2.23. The van der Waals surface area contributed by atoms with Crippen LogP contribution in [0.5, 0.6) is 17.2 Å². The van der Waals surface area contributed by atoms with Crippen LogP contribution in [0.1, 0.15) is 5.56 Å². The Labute approximate surface area is 97.6 Å². The number of hydrogen-bond donors (Lipinski definition) is 3. The van der Waals surface area contributed by atoms with Gasteiger partial charge in [0.25, 0.3) is 0 Å². The number of nitrogens with zero attached hydrogens (tertiary/aromatic N) is 2. The van der Waals surface area contributed by atoms with Gasteiger partial charge >= 0.3 is 0 Å². The maximum Gasteiger partial charge on any atom is 0.207 e. The molecule has 1 aliphatic rings. The number of nitrogen functional groups attached to an aromatic ring is 1. The molecule has 0 saturated carbocycles. The third-order valence-electron chi connectivity index (χ3n) is 2.55. The number of fused-ring (bicyclic) bond motifs is 1. The van der Waals surface area contributed by atoms with Gasteiger partial charge in [0.1, 0.15) is 12.0 Å². The molecule has 0 aliphatic carbocycles. The number of phenols is 1. The number of methoxy groups -OCH3 is 2. The molecule has 0 fully saturated rings. The predicted octanol–water partition coefficient (Wildman–Crippen LogP) is 0.856. The second-order valence-corrected chi connectivity index (χ2v) is 3.50. The summed E-state index contributed by atoms with van der Waals surface area (Å²) in [6.07, 6.45) is 1.19. The van der Waals surface area contributed by atoms with Gasteiger partial charge in [-0.05, 0) is 0 Å². The highest BCUT2D eigenvalue weighted by atomic mass is 16.5. The van der Waals surface area contributed by atoms with Gasteiger partial charge in [0, 0.05) is 5.56 Å². The highest BCUT2D eigenvalue weighted by molar-refractivity contribution is 5.83. The van der Waals surface area contributed by atoms with Crippen LogP contribution < -0.4 is 15.2 Å². The molecule has 0 radical (unpaired) electrons. The van der Waals surface area contributed by atoms with Gasteiger partial charge in [-0.15, -0.1) is 0 Å². The molecule has 0 amide bonds. The average molecular weight is 239 g/mol. The number of aliphatic imine (C=N–C) groups is 1. The van der Waals surface area contributed by atoms with Gasteiger partial charge in [-0.1, -0.05) is 0 Å². The summed E-state index contributed by atoms with van der Waals surface area (Å²) in [5.74, 6) is 0.208. The minimum absolute atomic E-state index is 0.124. The number of benzene rings is 1. The largest absolute Gasteiger partial charge is 0.503 e. The number of ether oxygens (including phenoxy) is 2. The second kappa shape index (κ2) is 4.02. The van der Waals surface area contributed by atoms with E-state index in [2.05, 4.69) is 4.99 Å². The van der Waals surface area contributed by atoms with Gasteiger partial charge in [0.15, 0.2) is 11.5 Å². The molecule has 1 aromatic rings. The Morgan fingerprint density at radius 1 is 1.35 bits per heavy atom. The van der Waals surface area contributed by atoms with Crippen LogP contribution in [0.25, 0.3) is 0 Å². The van der Waals surface area contributed by atoms with Gasteiger partial charge in [-0.25, -0.2) is 10.1 Å². The maximum absolute atomic E-state index is 9.98. The smallest absolute Gasteiger partial charge is 0.207 e. The van der Waals surface area contributed by atoms with Crippen LogP contribution >= 0.6 is 0 Å². The second-order valence-electron chi connectivity index (χ2n) is 3.50. The molecule has 7 nitrogen and oxygen atoms in total. The van der Waals surface area contributed by atoms with Gasteiger partial charge in [-0.2, -0.15) is 0 Å². The van der Waals surface area contributed by atoms with Crippen molar-refractivity contribution in [3.63, 3.8) is 0 Å². The highest BCUT2D eigenvalue weighted by Crippen LogP contribution is 2.51. The zero-order chi connectivity index (χ0) is 12.6. The van der Waals surface area contributed by atoms with E-state index in [-0.39, 0.29) is 35.2 Å². The summed E-state index contributed by atoms with van der Waals surface area (Å²) < 4.78 is 10.1. The van der Waals surface area contributed by atoms with Crippen LogP contribution in [0.3, 0.4) is 0 Å². The fourth-order valence-electron chi connectivity index (χ4n) is 1.76. The molecule has 0 atom stereocenters. The Bertz CT molecular complexity index is 487. The number of anilines is 1. The Morgan fingerprint density at radius 2 is 2.00 bits per heavy atom. The van der Waals surface area contributed by atoms with Gasteiger partial charge in [0.2, 0.25) is 5.75 Å². The Morgan fingerprint density at radius 3 is 2.59 bits per heavy atom. The highest BCUT2D eigenvalue weighted by Gasteiger charge is 2.26. The minimum Gasteiger partial charge on any atom is -0.503 e. The van der Waals surface area contributed by atoms with E-state index in [0.29, 0.717) is 5.56 Å². The van der Waals surface area contributed by atoms with Crippen molar-refractivity contribution < 1.29 is 19.8 Å². The molecular weight excluding hydrogens is 226 g/mol. The summed E-state index contributed by atoms with van der Waals surface area (Å²) in [6.45, 7) is 0.124. The maximum atomic E-state index is 9.98. The molecule has 92 valence electrons. The zero-order valence-corrected chi connectivity index (χ0v) is 9.47. The first-order valence-corrected chi connectivity index (χ1v) is 4.85. The third-order valence-corrected chi connectivity index (χ3v) is 2.55. The number of aromatic hydroxyl groups is 1. The monoisotopic (exact) mass is 239 g/mol. The molecule has 0 bridgehead atoms. The molecule has 0 spiro atoms. The first kappa shape index (κ1) is 11.3. The number of hydrogen-bond acceptors (Lipinski definition) is 7. The number of nitrogens with two attached hydrogens (primary N) is 1. The summed E-state index contributed by atoms with van der Waals surface area (Å²) in [5, 5.41) is 20.2.